The van der Waals surface area contributed by atoms with Gasteiger partial charge in [0, 0.05) is 5.33 Å². The Balaban J connectivity index is 3.36. The van der Waals surface area contributed by atoms with Crippen molar-refractivity contribution in [3.63, 3.8) is 0 Å². The summed E-state index contributed by atoms with van der Waals surface area (Å²) in [5.41, 5.74) is 0. The second-order valence-electron chi connectivity index (χ2n) is 3.63. The molecule has 0 spiro atoms. The van der Waals surface area contributed by atoms with Crippen molar-refractivity contribution in [1.82, 2.24) is 9.80 Å². The van der Waals surface area contributed by atoms with Crippen LogP contribution < -0.4 is 0 Å². The number of hydrogen-bond donors (Lipinski definition) is 0. The highest BCUT2D eigenvalue weighted by atomic mass is 79.9. The second kappa shape index (κ2) is 8.97. The fourth-order valence-corrected chi connectivity index (χ4v) is 1.57. The largest absolute Gasteiger partial charge is 0.309 e. The monoisotopic (exact) mass is 250 g/mol. The minimum atomic E-state index is 1.12. The van der Waals surface area contributed by atoms with Crippen LogP contribution in [0.1, 0.15) is 19.8 Å². The van der Waals surface area contributed by atoms with E-state index in [2.05, 4.69) is 46.7 Å². The number of alkyl halides is 1. The lowest BCUT2D eigenvalue weighted by atomic mass is 10.3. The number of rotatable bonds is 8. The van der Waals surface area contributed by atoms with Gasteiger partial charge >= 0.3 is 0 Å². The van der Waals surface area contributed by atoms with Crippen LogP contribution in [0.2, 0.25) is 0 Å². The molecular formula is C10H23BrN2. The Morgan fingerprint density at radius 3 is 2.08 bits per heavy atom. The number of nitrogens with zero attached hydrogens (tertiary/aromatic N) is 2. The molecule has 3 heteroatoms. The maximum Gasteiger partial charge on any atom is 0.00434 e. The average molecular weight is 251 g/mol. The molecular weight excluding hydrogens is 228 g/mol. The molecule has 0 N–H and O–H groups in total. The van der Waals surface area contributed by atoms with Gasteiger partial charge in [0.1, 0.15) is 0 Å². The van der Waals surface area contributed by atoms with Crippen molar-refractivity contribution in [3.8, 4) is 0 Å². The number of hydrogen-bond acceptors (Lipinski definition) is 2. The maximum absolute atomic E-state index is 3.46. The highest BCUT2D eigenvalue weighted by molar-refractivity contribution is 9.09. The summed E-state index contributed by atoms with van der Waals surface area (Å²) in [6.45, 7) is 7.09. The highest BCUT2D eigenvalue weighted by Crippen LogP contribution is 1.96. The molecule has 0 amide bonds. The lowest BCUT2D eigenvalue weighted by Gasteiger charge is -2.20. The standard InChI is InChI=1S/C10H23BrN2/c1-4-13(9-5-7-11)10-6-8-12(2)3/h4-10H2,1-3H3. The van der Waals surface area contributed by atoms with Crippen molar-refractivity contribution in [3.05, 3.63) is 0 Å². The van der Waals surface area contributed by atoms with Gasteiger partial charge in [0.25, 0.3) is 0 Å². The molecule has 0 bridgehead atoms. The van der Waals surface area contributed by atoms with E-state index in [1.807, 2.05) is 0 Å². The molecule has 0 aliphatic rings. The molecule has 80 valence electrons. The Hall–Kier alpha value is 0.400. The molecule has 0 saturated heterocycles. The van der Waals surface area contributed by atoms with E-state index < -0.39 is 0 Å². The van der Waals surface area contributed by atoms with Crippen LogP contribution in [0.25, 0.3) is 0 Å². The predicted molar refractivity (Wildman–Crippen MR) is 63.7 cm³/mol. The van der Waals surface area contributed by atoms with Gasteiger partial charge in [-0.1, -0.05) is 22.9 Å². The molecule has 0 atom stereocenters. The Morgan fingerprint density at radius 1 is 1.00 bits per heavy atom. The summed E-state index contributed by atoms with van der Waals surface area (Å²) in [6.07, 6.45) is 2.54. The van der Waals surface area contributed by atoms with Gasteiger partial charge in [-0.15, -0.1) is 0 Å². The molecule has 0 aromatic heterocycles. The van der Waals surface area contributed by atoms with Crippen LogP contribution in [0.3, 0.4) is 0 Å². The SMILES string of the molecule is CCN(CCCBr)CCCN(C)C. The molecule has 2 nitrogen and oxygen atoms in total. The molecule has 13 heavy (non-hydrogen) atoms. The lowest BCUT2D eigenvalue weighted by molar-refractivity contribution is 0.268. The highest BCUT2D eigenvalue weighted by Gasteiger charge is 2.00. The molecule has 0 aliphatic heterocycles. The first-order valence-corrected chi connectivity index (χ1v) is 6.26. The Kier molecular flexibility index (Phi) is 9.25. The third-order valence-electron chi connectivity index (χ3n) is 2.13. The molecule has 0 radical (unpaired) electrons. The van der Waals surface area contributed by atoms with E-state index in [0.717, 1.165) is 5.33 Å². The second-order valence-corrected chi connectivity index (χ2v) is 4.43. The zero-order valence-electron chi connectivity index (χ0n) is 9.22. The topological polar surface area (TPSA) is 6.48 Å². The van der Waals surface area contributed by atoms with Crippen molar-refractivity contribution in [2.45, 2.75) is 19.8 Å². The first kappa shape index (κ1) is 13.4. The average Bonchev–Trinajstić information content (AvgIpc) is 2.10. The predicted octanol–water partition coefficient (Wildman–Crippen LogP) is 2.04. The van der Waals surface area contributed by atoms with Crippen molar-refractivity contribution in [2.24, 2.45) is 0 Å². The first-order chi connectivity index (χ1) is 6.20. The Morgan fingerprint density at radius 2 is 1.62 bits per heavy atom. The number of halogens is 1. The molecule has 0 aliphatic carbocycles. The van der Waals surface area contributed by atoms with E-state index in [4.69, 9.17) is 0 Å². The van der Waals surface area contributed by atoms with Crippen LogP contribution in [-0.2, 0) is 0 Å². The molecule has 0 fully saturated rings. The molecule has 0 rings (SSSR count). The van der Waals surface area contributed by atoms with Gasteiger partial charge in [0.2, 0.25) is 0 Å². The van der Waals surface area contributed by atoms with E-state index in [1.165, 1.54) is 39.0 Å². The molecule has 0 aromatic rings. The summed E-state index contributed by atoms with van der Waals surface area (Å²) in [4.78, 5) is 4.77. The zero-order valence-corrected chi connectivity index (χ0v) is 10.8. The summed E-state index contributed by atoms with van der Waals surface area (Å²) in [7, 11) is 4.27. The smallest absolute Gasteiger partial charge is 0.00434 e. The lowest BCUT2D eigenvalue weighted by Crippen LogP contribution is -2.28. The Bertz CT molecular complexity index is 107. The van der Waals surface area contributed by atoms with Gasteiger partial charge in [0.05, 0.1) is 0 Å². The third-order valence-corrected chi connectivity index (χ3v) is 2.70. The van der Waals surface area contributed by atoms with E-state index in [1.54, 1.807) is 0 Å². The minimum absolute atomic E-state index is 1.12. The molecule has 0 aromatic carbocycles. The summed E-state index contributed by atoms with van der Waals surface area (Å²) < 4.78 is 0. The summed E-state index contributed by atoms with van der Waals surface area (Å²) in [5.74, 6) is 0. The van der Waals surface area contributed by atoms with Crippen LogP contribution in [0.4, 0.5) is 0 Å². The van der Waals surface area contributed by atoms with Crippen molar-refractivity contribution >= 4 is 15.9 Å². The van der Waals surface area contributed by atoms with Crippen LogP contribution in [0.5, 0.6) is 0 Å². The van der Waals surface area contributed by atoms with Gasteiger partial charge in [-0.2, -0.15) is 0 Å². The first-order valence-electron chi connectivity index (χ1n) is 5.13. The van der Waals surface area contributed by atoms with Crippen LogP contribution in [0.15, 0.2) is 0 Å². The van der Waals surface area contributed by atoms with Crippen molar-refractivity contribution in [1.29, 1.82) is 0 Å². The van der Waals surface area contributed by atoms with Gasteiger partial charge in [0.15, 0.2) is 0 Å². The normalized spacial score (nSPS) is 11.5. The molecule has 0 heterocycles. The summed E-state index contributed by atoms with van der Waals surface area (Å²) in [6, 6.07) is 0. The fraction of sp³-hybridized carbons (Fsp3) is 1.00. The van der Waals surface area contributed by atoms with Gasteiger partial charge < -0.3 is 9.80 Å². The van der Waals surface area contributed by atoms with Crippen LogP contribution >= 0.6 is 15.9 Å². The minimum Gasteiger partial charge on any atom is -0.309 e. The van der Waals surface area contributed by atoms with Crippen molar-refractivity contribution in [2.75, 3.05) is 45.6 Å². The van der Waals surface area contributed by atoms with Crippen LogP contribution in [-0.4, -0.2) is 55.4 Å². The molecule has 0 unspecified atom stereocenters. The van der Waals surface area contributed by atoms with E-state index >= 15 is 0 Å². The van der Waals surface area contributed by atoms with Gasteiger partial charge in [-0.05, 0) is 53.1 Å². The van der Waals surface area contributed by atoms with E-state index in [0.29, 0.717) is 0 Å². The fourth-order valence-electron chi connectivity index (χ4n) is 1.32. The van der Waals surface area contributed by atoms with Crippen LogP contribution in [0, 0.1) is 0 Å². The van der Waals surface area contributed by atoms with E-state index in [-0.39, 0.29) is 0 Å². The zero-order chi connectivity index (χ0) is 10.1. The Labute approximate surface area is 91.4 Å². The maximum atomic E-state index is 3.46. The van der Waals surface area contributed by atoms with Gasteiger partial charge in [-0.25, -0.2) is 0 Å². The third kappa shape index (κ3) is 8.72. The molecule has 0 saturated carbocycles. The quantitative estimate of drug-likeness (QED) is 0.609. The summed E-state index contributed by atoms with van der Waals surface area (Å²) >= 11 is 3.46. The summed E-state index contributed by atoms with van der Waals surface area (Å²) in [5, 5.41) is 1.12. The van der Waals surface area contributed by atoms with Gasteiger partial charge in [-0.3, -0.25) is 0 Å². The van der Waals surface area contributed by atoms with Crippen molar-refractivity contribution < 1.29 is 0 Å². The van der Waals surface area contributed by atoms with E-state index in [9.17, 15) is 0 Å².